The predicted octanol–water partition coefficient (Wildman–Crippen LogP) is 8.39. The molecule has 0 aliphatic carbocycles. The SMILES string of the molecule is C=C(CCCCCCCCCCCCCCC)O[C@H]1C=CO[C@@H]2CO[C@@H](c3ccccc3)O[C@@H]12. The molecule has 4 nitrogen and oxygen atoms in total. The molecule has 190 valence electrons. The van der Waals surface area contributed by atoms with Crippen LogP contribution in [0.2, 0.25) is 0 Å². The lowest BCUT2D eigenvalue weighted by Gasteiger charge is -2.41. The zero-order valence-corrected chi connectivity index (χ0v) is 21.3. The Balaban J connectivity index is 1.25. The fourth-order valence-corrected chi connectivity index (χ4v) is 4.77. The maximum Gasteiger partial charge on any atom is 0.184 e. The molecule has 0 amide bonds. The van der Waals surface area contributed by atoms with Crippen LogP contribution in [0.4, 0.5) is 0 Å². The Morgan fingerprint density at radius 3 is 2.15 bits per heavy atom. The molecule has 4 heteroatoms. The van der Waals surface area contributed by atoms with Crippen LogP contribution < -0.4 is 0 Å². The summed E-state index contributed by atoms with van der Waals surface area (Å²) in [4.78, 5) is 0. The fraction of sp³-hybridized carbons (Fsp3) is 0.667. The molecule has 1 saturated heterocycles. The molecule has 2 aliphatic heterocycles. The van der Waals surface area contributed by atoms with E-state index in [-0.39, 0.29) is 18.3 Å². The lowest BCUT2D eigenvalue weighted by Crippen LogP contribution is -2.50. The van der Waals surface area contributed by atoms with Gasteiger partial charge in [0.2, 0.25) is 0 Å². The summed E-state index contributed by atoms with van der Waals surface area (Å²) in [7, 11) is 0. The Morgan fingerprint density at radius 2 is 1.50 bits per heavy atom. The molecule has 34 heavy (non-hydrogen) atoms. The van der Waals surface area contributed by atoms with Crippen LogP contribution in [0.15, 0.2) is 55.0 Å². The molecule has 0 bridgehead atoms. The summed E-state index contributed by atoms with van der Waals surface area (Å²) >= 11 is 0. The van der Waals surface area contributed by atoms with Gasteiger partial charge in [0.1, 0.15) is 12.2 Å². The van der Waals surface area contributed by atoms with Crippen molar-refractivity contribution in [3.05, 3.63) is 60.6 Å². The number of benzene rings is 1. The van der Waals surface area contributed by atoms with Gasteiger partial charge in [-0.25, -0.2) is 0 Å². The number of rotatable bonds is 17. The minimum absolute atomic E-state index is 0.154. The fourth-order valence-electron chi connectivity index (χ4n) is 4.77. The molecule has 1 aromatic rings. The zero-order chi connectivity index (χ0) is 23.8. The molecule has 2 heterocycles. The lowest BCUT2D eigenvalue weighted by atomic mass is 10.0. The maximum absolute atomic E-state index is 6.25. The summed E-state index contributed by atoms with van der Waals surface area (Å²) in [5.41, 5.74) is 1.01. The summed E-state index contributed by atoms with van der Waals surface area (Å²) in [6.07, 6.45) is 21.3. The molecule has 1 aromatic carbocycles. The second-order valence-electron chi connectivity index (χ2n) is 9.79. The van der Waals surface area contributed by atoms with Gasteiger partial charge in [0.25, 0.3) is 0 Å². The van der Waals surface area contributed by atoms with Crippen LogP contribution in [0.5, 0.6) is 0 Å². The maximum atomic E-state index is 6.25. The largest absolute Gasteiger partial charge is 0.493 e. The van der Waals surface area contributed by atoms with Gasteiger partial charge in [0.15, 0.2) is 12.4 Å². The van der Waals surface area contributed by atoms with E-state index in [0.717, 1.165) is 24.2 Å². The predicted molar refractivity (Wildman–Crippen MR) is 138 cm³/mol. The normalized spacial score (nSPS) is 23.8. The molecule has 4 atom stereocenters. The third kappa shape index (κ3) is 9.46. The molecule has 2 aliphatic rings. The Morgan fingerprint density at radius 1 is 0.882 bits per heavy atom. The Labute approximate surface area is 207 Å². The minimum atomic E-state index is -0.391. The van der Waals surface area contributed by atoms with Gasteiger partial charge < -0.3 is 18.9 Å². The van der Waals surface area contributed by atoms with Gasteiger partial charge in [-0.1, -0.05) is 121 Å². The molecule has 3 rings (SSSR count). The van der Waals surface area contributed by atoms with Crippen molar-refractivity contribution in [1.29, 1.82) is 0 Å². The number of unbranched alkanes of at least 4 members (excludes halogenated alkanes) is 12. The molecule has 0 saturated carbocycles. The van der Waals surface area contributed by atoms with Crippen molar-refractivity contribution in [3.8, 4) is 0 Å². The van der Waals surface area contributed by atoms with Gasteiger partial charge in [-0.05, 0) is 12.5 Å². The van der Waals surface area contributed by atoms with E-state index in [2.05, 4.69) is 13.5 Å². The summed E-state index contributed by atoms with van der Waals surface area (Å²) in [5, 5.41) is 0. The van der Waals surface area contributed by atoms with Crippen molar-refractivity contribution in [3.63, 3.8) is 0 Å². The number of hydrogen-bond acceptors (Lipinski definition) is 4. The smallest absolute Gasteiger partial charge is 0.184 e. The van der Waals surface area contributed by atoms with Crippen molar-refractivity contribution in [2.75, 3.05) is 6.61 Å². The highest BCUT2D eigenvalue weighted by Crippen LogP contribution is 2.33. The molecular formula is C30H46O4. The van der Waals surface area contributed by atoms with Crippen LogP contribution in [-0.2, 0) is 18.9 Å². The van der Waals surface area contributed by atoms with E-state index in [1.54, 1.807) is 6.26 Å². The molecular weight excluding hydrogens is 424 g/mol. The number of ether oxygens (including phenoxy) is 4. The number of fused-ring (bicyclic) bond motifs is 1. The van der Waals surface area contributed by atoms with Gasteiger partial charge in [-0.3, -0.25) is 0 Å². The average Bonchev–Trinajstić information content (AvgIpc) is 2.87. The second-order valence-corrected chi connectivity index (χ2v) is 9.79. The van der Waals surface area contributed by atoms with Crippen molar-refractivity contribution in [2.24, 2.45) is 0 Å². The highest BCUT2D eigenvalue weighted by Gasteiger charge is 2.41. The van der Waals surface area contributed by atoms with Crippen LogP contribution in [0, 0.1) is 0 Å². The third-order valence-corrected chi connectivity index (χ3v) is 6.84. The summed E-state index contributed by atoms with van der Waals surface area (Å²) in [6.45, 7) is 6.94. The molecule has 1 fully saturated rings. The molecule has 0 radical (unpaired) electrons. The minimum Gasteiger partial charge on any atom is -0.493 e. The third-order valence-electron chi connectivity index (χ3n) is 6.84. The van der Waals surface area contributed by atoms with E-state index in [9.17, 15) is 0 Å². The summed E-state index contributed by atoms with van der Waals surface area (Å²) in [6, 6.07) is 10.0. The highest BCUT2D eigenvalue weighted by molar-refractivity contribution is 5.17. The highest BCUT2D eigenvalue weighted by atomic mass is 16.7. The first-order valence-electron chi connectivity index (χ1n) is 13.8. The van der Waals surface area contributed by atoms with E-state index >= 15 is 0 Å². The van der Waals surface area contributed by atoms with Crippen LogP contribution in [0.3, 0.4) is 0 Å². The van der Waals surface area contributed by atoms with E-state index in [1.807, 2.05) is 36.4 Å². The summed E-state index contributed by atoms with van der Waals surface area (Å²) in [5.74, 6) is 0.838. The molecule has 0 unspecified atom stereocenters. The zero-order valence-electron chi connectivity index (χ0n) is 21.3. The topological polar surface area (TPSA) is 36.9 Å². The first kappa shape index (κ1) is 26.8. The van der Waals surface area contributed by atoms with Crippen LogP contribution >= 0.6 is 0 Å². The Kier molecular flexibility index (Phi) is 12.6. The van der Waals surface area contributed by atoms with Crippen molar-refractivity contribution in [1.82, 2.24) is 0 Å². The first-order chi connectivity index (χ1) is 16.8. The van der Waals surface area contributed by atoms with E-state index in [0.29, 0.717) is 6.61 Å². The average molecular weight is 471 g/mol. The van der Waals surface area contributed by atoms with Gasteiger partial charge in [0.05, 0.1) is 18.6 Å². The monoisotopic (exact) mass is 470 g/mol. The van der Waals surface area contributed by atoms with Gasteiger partial charge >= 0.3 is 0 Å². The van der Waals surface area contributed by atoms with E-state index < -0.39 is 6.29 Å². The van der Waals surface area contributed by atoms with Gasteiger partial charge in [-0.15, -0.1) is 0 Å². The summed E-state index contributed by atoms with van der Waals surface area (Å²) < 4.78 is 24.1. The van der Waals surface area contributed by atoms with Gasteiger partial charge in [0, 0.05) is 12.0 Å². The Bertz CT molecular complexity index is 701. The van der Waals surface area contributed by atoms with Crippen LogP contribution in [-0.4, -0.2) is 24.9 Å². The lowest BCUT2D eigenvalue weighted by molar-refractivity contribution is -0.277. The van der Waals surface area contributed by atoms with Crippen molar-refractivity contribution < 1.29 is 18.9 Å². The molecule has 0 N–H and O–H groups in total. The molecule has 0 aromatic heterocycles. The van der Waals surface area contributed by atoms with Crippen LogP contribution in [0.1, 0.15) is 109 Å². The van der Waals surface area contributed by atoms with E-state index in [4.69, 9.17) is 18.9 Å². The van der Waals surface area contributed by atoms with Gasteiger partial charge in [-0.2, -0.15) is 0 Å². The Hall–Kier alpha value is -1.78. The number of hydrogen-bond donors (Lipinski definition) is 0. The number of allylic oxidation sites excluding steroid dienone is 1. The standard InChI is InChI=1S/C30H46O4/c1-3-4-5-6-7-8-9-10-11-12-13-14-16-19-25(2)33-27-22-23-31-28-24-32-30(34-29(27)28)26-20-17-15-18-21-26/h15,17-18,20-23,27-30H,2-14,16,19,24H2,1H3/t27-,28+,29-,30+/m0/s1. The van der Waals surface area contributed by atoms with Crippen molar-refractivity contribution >= 4 is 0 Å². The first-order valence-corrected chi connectivity index (χ1v) is 13.8. The molecule has 0 spiro atoms. The quantitative estimate of drug-likeness (QED) is 0.169. The van der Waals surface area contributed by atoms with E-state index in [1.165, 1.54) is 77.0 Å². The van der Waals surface area contributed by atoms with Crippen molar-refractivity contribution in [2.45, 2.75) is 121 Å². The second kappa shape index (κ2) is 16.0. The van der Waals surface area contributed by atoms with Crippen LogP contribution in [0.25, 0.3) is 0 Å².